The summed E-state index contributed by atoms with van der Waals surface area (Å²) in [5.41, 5.74) is 1.23. The maximum absolute atomic E-state index is 5.77. The van der Waals surface area contributed by atoms with Crippen molar-refractivity contribution in [3.8, 4) is 11.5 Å². The first-order chi connectivity index (χ1) is 10.3. The topological polar surface area (TPSA) is 33.7 Å². The third-order valence-corrected chi connectivity index (χ3v) is 4.58. The van der Waals surface area contributed by atoms with Gasteiger partial charge in [0, 0.05) is 26.1 Å². The summed E-state index contributed by atoms with van der Waals surface area (Å²) in [4.78, 5) is 2.52. The number of hydrogen-bond acceptors (Lipinski definition) is 4. The lowest BCUT2D eigenvalue weighted by atomic mass is 10.2. The molecule has 2 aliphatic heterocycles. The largest absolute Gasteiger partial charge is 0.490 e. The van der Waals surface area contributed by atoms with Gasteiger partial charge in [0.25, 0.3) is 0 Å². The molecule has 0 unspecified atom stereocenters. The van der Waals surface area contributed by atoms with Crippen molar-refractivity contribution < 1.29 is 9.47 Å². The molecule has 0 saturated carbocycles. The van der Waals surface area contributed by atoms with Crippen LogP contribution in [0, 0.1) is 0 Å². The van der Waals surface area contributed by atoms with Gasteiger partial charge >= 0.3 is 0 Å². The maximum Gasteiger partial charge on any atom is 0.175 e. The summed E-state index contributed by atoms with van der Waals surface area (Å²) in [6.07, 6.45) is 3.65. The Balaban J connectivity index is 1.53. The number of nitrogens with zero attached hydrogens (tertiary/aromatic N) is 1. The van der Waals surface area contributed by atoms with E-state index < -0.39 is 0 Å². The predicted molar refractivity (Wildman–Crippen MR) is 87.1 cm³/mol. The molecule has 1 fully saturated rings. The lowest BCUT2D eigenvalue weighted by Gasteiger charge is -2.15. The fourth-order valence-corrected chi connectivity index (χ4v) is 3.47. The summed E-state index contributed by atoms with van der Waals surface area (Å²) in [6, 6.07) is 4.21. The van der Waals surface area contributed by atoms with Crippen LogP contribution in [0.4, 0.5) is 0 Å². The second-order valence-electron chi connectivity index (χ2n) is 5.68. The minimum absolute atomic E-state index is 0.721. The Labute approximate surface area is 134 Å². The summed E-state index contributed by atoms with van der Waals surface area (Å²) in [7, 11) is 0. The summed E-state index contributed by atoms with van der Waals surface area (Å²) in [5.74, 6) is 1.70. The van der Waals surface area contributed by atoms with Crippen LogP contribution in [0.15, 0.2) is 16.6 Å². The van der Waals surface area contributed by atoms with Crippen LogP contribution in [0.5, 0.6) is 11.5 Å². The van der Waals surface area contributed by atoms with Gasteiger partial charge in [-0.25, -0.2) is 0 Å². The molecule has 1 saturated heterocycles. The molecular weight excluding hydrogens is 332 g/mol. The summed E-state index contributed by atoms with van der Waals surface area (Å²) >= 11 is 3.59. The van der Waals surface area contributed by atoms with Gasteiger partial charge in [-0.1, -0.05) is 0 Å². The number of ether oxygens (including phenoxy) is 2. The minimum atomic E-state index is 0.721. The van der Waals surface area contributed by atoms with E-state index in [2.05, 4.69) is 38.3 Å². The molecule has 1 N–H and O–H groups in total. The van der Waals surface area contributed by atoms with Gasteiger partial charge in [-0.05, 0) is 59.6 Å². The second-order valence-corrected chi connectivity index (χ2v) is 6.54. The quantitative estimate of drug-likeness (QED) is 0.824. The van der Waals surface area contributed by atoms with Crippen LogP contribution in [-0.4, -0.2) is 44.3 Å². The van der Waals surface area contributed by atoms with Crippen LogP contribution in [0.3, 0.4) is 0 Å². The summed E-state index contributed by atoms with van der Waals surface area (Å²) in [6.45, 7) is 7.01. The van der Waals surface area contributed by atoms with E-state index in [1.807, 2.05) is 0 Å². The van der Waals surface area contributed by atoms with Crippen molar-refractivity contribution >= 4 is 15.9 Å². The molecule has 0 aromatic heterocycles. The van der Waals surface area contributed by atoms with E-state index in [9.17, 15) is 0 Å². The molecule has 0 aliphatic carbocycles. The zero-order chi connectivity index (χ0) is 14.5. The molecule has 1 aromatic carbocycles. The van der Waals surface area contributed by atoms with E-state index in [4.69, 9.17) is 9.47 Å². The van der Waals surface area contributed by atoms with Crippen molar-refractivity contribution in [1.29, 1.82) is 0 Å². The second kappa shape index (κ2) is 7.47. The number of fused-ring (bicyclic) bond motifs is 1. The molecule has 5 heteroatoms. The van der Waals surface area contributed by atoms with Crippen molar-refractivity contribution in [3.05, 3.63) is 22.2 Å². The first-order valence-corrected chi connectivity index (χ1v) is 8.63. The Morgan fingerprint density at radius 2 is 1.90 bits per heavy atom. The van der Waals surface area contributed by atoms with Crippen molar-refractivity contribution in [2.75, 3.05) is 39.4 Å². The number of likely N-dealkylation sites (tertiary alicyclic amines) is 1. The number of halogens is 1. The number of nitrogens with one attached hydrogen (secondary N) is 1. The average molecular weight is 355 g/mol. The lowest BCUT2D eigenvalue weighted by Crippen LogP contribution is -2.29. The van der Waals surface area contributed by atoms with Crippen molar-refractivity contribution in [2.24, 2.45) is 0 Å². The average Bonchev–Trinajstić information content (AvgIpc) is 2.87. The van der Waals surface area contributed by atoms with E-state index in [0.717, 1.165) is 55.2 Å². The number of rotatable bonds is 5. The fourth-order valence-electron chi connectivity index (χ4n) is 2.86. The first kappa shape index (κ1) is 15.1. The molecule has 21 heavy (non-hydrogen) atoms. The molecule has 1 aromatic rings. The van der Waals surface area contributed by atoms with E-state index in [1.54, 1.807) is 0 Å². The molecule has 3 rings (SSSR count). The van der Waals surface area contributed by atoms with Crippen LogP contribution in [-0.2, 0) is 6.54 Å². The van der Waals surface area contributed by atoms with Gasteiger partial charge in [-0.2, -0.15) is 0 Å². The standard InChI is InChI=1S/C16H23BrN2O2/c17-14-10-13(11-15-16(14)21-9-3-8-20-15)12-18-4-7-19-5-1-2-6-19/h10-11,18H,1-9,12H2. The molecule has 0 spiro atoms. The third-order valence-electron chi connectivity index (χ3n) is 3.99. The van der Waals surface area contributed by atoms with E-state index in [-0.39, 0.29) is 0 Å². The monoisotopic (exact) mass is 354 g/mol. The Kier molecular flexibility index (Phi) is 5.38. The highest BCUT2D eigenvalue weighted by atomic mass is 79.9. The normalized spacial score (nSPS) is 18.7. The van der Waals surface area contributed by atoms with E-state index in [1.165, 1.54) is 31.5 Å². The zero-order valence-corrected chi connectivity index (χ0v) is 14.0. The highest BCUT2D eigenvalue weighted by molar-refractivity contribution is 9.10. The summed E-state index contributed by atoms with van der Waals surface area (Å²) < 4.78 is 12.5. The summed E-state index contributed by atoms with van der Waals surface area (Å²) in [5, 5.41) is 3.52. The zero-order valence-electron chi connectivity index (χ0n) is 12.4. The fraction of sp³-hybridized carbons (Fsp3) is 0.625. The molecular formula is C16H23BrN2O2. The highest BCUT2D eigenvalue weighted by Crippen LogP contribution is 2.38. The highest BCUT2D eigenvalue weighted by Gasteiger charge is 2.15. The van der Waals surface area contributed by atoms with Gasteiger partial charge in [-0.15, -0.1) is 0 Å². The molecule has 2 aliphatic rings. The van der Waals surface area contributed by atoms with Gasteiger partial charge in [0.1, 0.15) is 0 Å². The predicted octanol–water partition coefficient (Wildman–Crippen LogP) is 2.80. The Bertz CT molecular complexity index is 476. The van der Waals surface area contributed by atoms with Crippen LogP contribution in [0.1, 0.15) is 24.8 Å². The van der Waals surface area contributed by atoms with Crippen LogP contribution in [0.2, 0.25) is 0 Å². The molecule has 116 valence electrons. The Morgan fingerprint density at radius 1 is 1.10 bits per heavy atom. The van der Waals surface area contributed by atoms with Gasteiger partial charge in [-0.3, -0.25) is 0 Å². The molecule has 4 nitrogen and oxygen atoms in total. The van der Waals surface area contributed by atoms with Crippen molar-refractivity contribution in [1.82, 2.24) is 10.2 Å². The van der Waals surface area contributed by atoms with Crippen LogP contribution >= 0.6 is 15.9 Å². The molecule has 0 bridgehead atoms. The van der Waals surface area contributed by atoms with E-state index >= 15 is 0 Å². The van der Waals surface area contributed by atoms with Crippen molar-refractivity contribution in [2.45, 2.75) is 25.8 Å². The molecule has 2 heterocycles. The molecule has 0 radical (unpaired) electrons. The smallest absolute Gasteiger partial charge is 0.175 e. The SMILES string of the molecule is Brc1cc(CNCCN2CCCC2)cc2c1OCCCO2. The van der Waals surface area contributed by atoms with Crippen LogP contribution in [0.25, 0.3) is 0 Å². The third kappa shape index (κ3) is 4.11. The molecule has 0 amide bonds. The number of hydrogen-bond donors (Lipinski definition) is 1. The first-order valence-electron chi connectivity index (χ1n) is 7.84. The lowest BCUT2D eigenvalue weighted by molar-refractivity contribution is 0.296. The van der Waals surface area contributed by atoms with Gasteiger partial charge in [0.05, 0.1) is 17.7 Å². The van der Waals surface area contributed by atoms with Gasteiger partial charge in [0.15, 0.2) is 11.5 Å². The van der Waals surface area contributed by atoms with Gasteiger partial charge < -0.3 is 19.7 Å². The Hall–Kier alpha value is -0.780. The minimum Gasteiger partial charge on any atom is -0.490 e. The number of benzene rings is 1. The molecule has 0 atom stereocenters. The maximum atomic E-state index is 5.77. The van der Waals surface area contributed by atoms with Gasteiger partial charge in [0.2, 0.25) is 0 Å². The van der Waals surface area contributed by atoms with Crippen LogP contribution < -0.4 is 14.8 Å². The Morgan fingerprint density at radius 3 is 2.76 bits per heavy atom. The van der Waals surface area contributed by atoms with Crippen molar-refractivity contribution in [3.63, 3.8) is 0 Å². The van der Waals surface area contributed by atoms with E-state index in [0.29, 0.717) is 0 Å².